The minimum Gasteiger partial charge on any atom is -0.454 e. The zero-order valence-corrected chi connectivity index (χ0v) is 19.8. The number of benzene rings is 2. The van der Waals surface area contributed by atoms with Gasteiger partial charge in [0.15, 0.2) is 16.6 Å². The van der Waals surface area contributed by atoms with E-state index in [-0.39, 0.29) is 18.9 Å². The molecular weight excluding hydrogens is 444 g/mol. The summed E-state index contributed by atoms with van der Waals surface area (Å²) in [4.78, 5) is 6.85. The molecule has 34 heavy (non-hydrogen) atoms. The molecule has 1 N–H and O–H groups in total. The molecule has 4 heterocycles. The van der Waals surface area contributed by atoms with E-state index >= 15 is 0 Å². The predicted octanol–water partition coefficient (Wildman–Crippen LogP) is 5.39. The third-order valence-corrected chi connectivity index (χ3v) is 6.85. The molecule has 0 amide bonds. The second-order valence-electron chi connectivity index (χ2n) is 8.53. The summed E-state index contributed by atoms with van der Waals surface area (Å²) in [7, 11) is 0. The average Bonchev–Trinajstić information content (AvgIpc) is 3.54. The van der Waals surface area contributed by atoms with Gasteiger partial charge in [-0.05, 0) is 74.1 Å². The Morgan fingerprint density at radius 1 is 0.912 bits per heavy atom. The number of rotatable bonds is 4. The van der Waals surface area contributed by atoms with Gasteiger partial charge in [-0.15, -0.1) is 0 Å². The fourth-order valence-electron chi connectivity index (χ4n) is 5.05. The first-order chi connectivity index (χ1) is 16.6. The van der Waals surface area contributed by atoms with Crippen molar-refractivity contribution < 1.29 is 9.47 Å². The van der Waals surface area contributed by atoms with Crippen molar-refractivity contribution in [3.8, 4) is 17.2 Å². The van der Waals surface area contributed by atoms with Gasteiger partial charge in [0.25, 0.3) is 0 Å². The van der Waals surface area contributed by atoms with Crippen LogP contribution in [-0.2, 0) is 0 Å². The van der Waals surface area contributed by atoms with Crippen LogP contribution in [0, 0.1) is 13.8 Å². The van der Waals surface area contributed by atoms with E-state index in [1.807, 2.05) is 48.7 Å². The van der Waals surface area contributed by atoms with Crippen molar-refractivity contribution in [2.24, 2.45) is 0 Å². The molecule has 0 bridgehead atoms. The third kappa shape index (κ3) is 3.31. The highest BCUT2D eigenvalue weighted by molar-refractivity contribution is 7.80. The van der Waals surface area contributed by atoms with Crippen LogP contribution in [0.5, 0.6) is 11.5 Å². The third-order valence-electron chi connectivity index (χ3n) is 6.54. The zero-order valence-electron chi connectivity index (χ0n) is 18.9. The number of hydrogen-bond acceptors (Lipinski definition) is 4. The molecule has 2 aliphatic rings. The second-order valence-corrected chi connectivity index (χ2v) is 8.92. The first kappa shape index (κ1) is 20.7. The monoisotopic (exact) mass is 468 g/mol. The molecule has 0 spiro atoms. The molecule has 7 heteroatoms. The SMILES string of the molecule is Cc1cc([C@H]2[C@H](c3ccccn3)NC(=S)N2c2ccc3c(c2)OCO3)c(C)n1-c1ccccc1. The molecule has 6 rings (SSSR count). The minimum absolute atomic E-state index is 0.0913. The average molecular weight is 469 g/mol. The molecule has 1 saturated heterocycles. The number of aromatic nitrogens is 2. The topological polar surface area (TPSA) is 51.6 Å². The highest BCUT2D eigenvalue weighted by Gasteiger charge is 2.42. The number of para-hydroxylation sites is 1. The van der Waals surface area contributed by atoms with Crippen molar-refractivity contribution in [2.45, 2.75) is 25.9 Å². The van der Waals surface area contributed by atoms with E-state index in [0.29, 0.717) is 5.11 Å². The molecule has 0 unspecified atom stereocenters. The Bertz CT molecular complexity index is 1370. The maximum Gasteiger partial charge on any atom is 0.231 e. The quantitative estimate of drug-likeness (QED) is 0.405. The maximum absolute atomic E-state index is 5.89. The summed E-state index contributed by atoms with van der Waals surface area (Å²) in [5.41, 5.74) is 6.58. The molecule has 0 radical (unpaired) electrons. The molecule has 2 aliphatic heterocycles. The van der Waals surface area contributed by atoms with E-state index in [2.05, 4.69) is 63.9 Å². The van der Waals surface area contributed by atoms with Crippen LogP contribution in [0.15, 0.2) is 79.0 Å². The molecule has 0 aliphatic carbocycles. The van der Waals surface area contributed by atoms with Crippen LogP contribution in [0.4, 0.5) is 5.69 Å². The van der Waals surface area contributed by atoms with Crippen LogP contribution < -0.4 is 19.7 Å². The van der Waals surface area contributed by atoms with Crippen LogP contribution in [0.1, 0.15) is 34.7 Å². The van der Waals surface area contributed by atoms with E-state index in [1.165, 1.54) is 17.0 Å². The molecule has 6 nitrogen and oxygen atoms in total. The second kappa shape index (κ2) is 8.18. The predicted molar refractivity (Wildman–Crippen MR) is 136 cm³/mol. The van der Waals surface area contributed by atoms with Gasteiger partial charge in [0.1, 0.15) is 0 Å². The molecule has 2 atom stereocenters. The Hall–Kier alpha value is -3.84. The lowest BCUT2D eigenvalue weighted by Crippen LogP contribution is -2.29. The number of aryl methyl sites for hydroxylation is 1. The maximum atomic E-state index is 5.89. The van der Waals surface area contributed by atoms with Crippen molar-refractivity contribution in [1.29, 1.82) is 0 Å². The molecule has 2 aromatic carbocycles. The Balaban J connectivity index is 1.51. The normalized spacial score (nSPS) is 18.9. The van der Waals surface area contributed by atoms with E-state index in [9.17, 15) is 0 Å². The standard InChI is InChI=1S/C27H24N4O2S/c1-17-14-21(18(2)30(17)19-8-4-3-5-9-19)26-25(22-10-6-7-13-28-22)29-27(34)31(26)20-11-12-23-24(15-20)33-16-32-23/h3-15,25-26H,16H2,1-2H3,(H,29,34)/t25-,26-/m0/s1. The smallest absolute Gasteiger partial charge is 0.231 e. The van der Waals surface area contributed by atoms with Crippen LogP contribution in [-0.4, -0.2) is 21.5 Å². The van der Waals surface area contributed by atoms with Gasteiger partial charge in [0, 0.05) is 35.0 Å². The molecule has 4 aromatic rings. The highest BCUT2D eigenvalue weighted by Crippen LogP contribution is 2.45. The van der Waals surface area contributed by atoms with Crippen molar-refractivity contribution in [2.75, 3.05) is 11.7 Å². The van der Waals surface area contributed by atoms with Gasteiger partial charge >= 0.3 is 0 Å². The van der Waals surface area contributed by atoms with E-state index in [1.54, 1.807) is 0 Å². The first-order valence-corrected chi connectivity index (χ1v) is 11.7. The van der Waals surface area contributed by atoms with Gasteiger partial charge in [0.05, 0.1) is 17.8 Å². The molecule has 170 valence electrons. The summed E-state index contributed by atoms with van der Waals surface area (Å²) >= 11 is 5.89. The number of nitrogens with one attached hydrogen (secondary N) is 1. The number of fused-ring (bicyclic) bond motifs is 1. The summed E-state index contributed by atoms with van der Waals surface area (Å²) in [5.74, 6) is 1.48. The summed E-state index contributed by atoms with van der Waals surface area (Å²) in [5, 5.41) is 4.20. The van der Waals surface area contributed by atoms with Crippen molar-refractivity contribution >= 4 is 23.0 Å². The van der Waals surface area contributed by atoms with Crippen LogP contribution in [0.25, 0.3) is 5.69 Å². The summed E-state index contributed by atoms with van der Waals surface area (Å²) in [6, 6.07) is 24.5. The van der Waals surface area contributed by atoms with E-state index in [4.69, 9.17) is 21.7 Å². The first-order valence-electron chi connectivity index (χ1n) is 11.3. The van der Waals surface area contributed by atoms with E-state index in [0.717, 1.165) is 28.6 Å². The van der Waals surface area contributed by atoms with Crippen molar-refractivity contribution in [3.05, 3.63) is 102 Å². The number of pyridine rings is 1. The van der Waals surface area contributed by atoms with Crippen LogP contribution in [0.2, 0.25) is 0 Å². The van der Waals surface area contributed by atoms with Crippen molar-refractivity contribution in [3.63, 3.8) is 0 Å². The van der Waals surface area contributed by atoms with Gasteiger partial charge < -0.3 is 24.3 Å². The lowest BCUT2D eigenvalue weighted by molar-refractivity contribution is 0.174. The molecule has 2 aromatic heterocycles. The number of thiocarbonyl (C=S) groups is 1. The fourth-order valence-corrected chi connectivity index (χ4v) is 5.39. The molecule has 1 fully saturated rings. The lowest BCUT2D eigenvalue weighted by atomic mass is 9.96. The molecule has 0 saturated carbocycles. The van der Waals surface area contributed by atoms with E-state index < -0.39 is 0 Å². The zero-order chi connectivity index (χ0) is 23.2. The lowest BCUT2D eigenvalue weighted by Gasteiger charge is -2.28. The minimum atomic E-state index is -0.108. The summed E-state index contributed by atoms with van der Waals surface area (Å²) < 4.78 is 13.5. The Morgan fingerprint density at radius 3 is 2.50 bits per heavy atom. The summed E-state index contributed by atoms with van der Waals surface area (Å²) in [6.45, 7) is 4.55. The van der Waals surface area contributed by atoms with Crippen LogP contribution >= 0.6 is 12.2 Å². The van der Waals surface area contributed by atoms with Gasteiger partial charge in [0.2, 0.25) is 6.79 Å². The van der Waals surface area contributed by atoms with Gasteiger partial charge in [-0.2, -0.15) is 0 Å². The summed E-state index contributed by atoms with van der Waals surface area (Å²) in [6.07, 6.45) is 1.83. The number of hydrogen-bond donors (Lipinski definition) is 1. The Labute approximate surface area is 203 Å². The van der Waals surface area contributed by atoms with Gasteiger partial charge in [-0.1, -0.05) is 24.3 Å². The van der Waals surface area contributed by atoms with Gasteiger partial charge in [-0.25, -0.2) is 0 Å². The fraction of sp³-hybridized carbons (Fsp3) is 0.185. The van der Waals surface area contributed by atoms with Gasteiger partial charge in [-0.3, -0.25) is 4.98 Å². The van der Waals surface area contributed by atoms with Crippen molar-refractivity contribution in [1.82, 2.24) is 14.9 Å². The number of anilines is 1. The highest BCUT2D eigenvalue weighted by atomic mass is 32.1. The Kier molecular flexibility index (Phi) is 4.99. The number of nitrogens with zero attached hydrogens (tertiary/aromatic N) is 3. The Morgan fingerprint density at radius 2 is 1.71 bits per heavy atom. The number of ether oxygens (including phenoxy) is 2. The van der Waals surface area contributed by atoms with Crippen LogP contribution in [0.3, 0.4) is 0 Å². The molecular formula is C27H24N4O2S. The largest absolute Gasteiger partial charge is 0.454 e.